The van der Waals surface area contributed by atoms with Crippen LogP contribution in [0.2, 0.25) is 5.02 Å². The number of nitrogens with one attached hydrogen (secondary N) is 1. The van der Waals surface area contributed by atoms with E-state index in [0.29, 0.717) is 0 Å². The fourth-order valence-electron chi connectivity index (χ4n) is 1.29. The number of aryl methyl sites for hydroxylation is 1. The topological polar surface area (TPSA) is 24.9 Å². The maximum absolute atomic E-state index is 5.80. The van der Waals surface area contributed by atoms with Crippen molar-refractivity contribution < 1.29 is 0 Å². The lowest BCUT2D eigenvalue weighted by atomic mass is 10.2. The van der Waals surface area contributed by atoms with Crippen molar-refractivity contribution >= 4 is 23.1 Å². The van der Waals surface area contributed by atoms with Crippen molar-refractivity contribution in [1.82, 2.24) is 4.98 Å². The number of rotatable bonds is 2. The summed E-state index contributed by atoms with van der Waals surface area (Å²) >= 11 is 5.80. The fourth-order valence-corrected chi connectivity index (χ4v) is 1.41. The Kier molecular flexibility index (Phi) is 2.88. The Bertz CT molecular complexity index is 451. The molecule has 0 unspecified atom stereocenters. The standard InChI is InChI=1S/C12H11ClN2/c1-9-3-2-8-14-12(9)15-11-6-4-10(13)5-7-11/h2-8H,1H3,(H,14,15). The van der Waals surface area contributed by atoms with Crippen LogP contribution in [0, 0.1) is 6.92 Å². The fraction of sp³-hybridized carbons (Fsp3) is 0.0833. The molecule has 15 heavy (non-hydrogen) atoms. The molecule has 2 rings (SSSR count). The van der Waals surface area contributed by atoms with E-state index in [1.165, 1.54) is 0 Å². The number of nitrogens with zero attached hydrogens (tertiary/aromatic N) is 1. The number of aromatic nitrogens is 1. The molecule has 0 amide bonds. The third-order valence-electron chi connectivity index (χ3n) is 2.12. The molecule has 76 valence electrons. The molecule has 1 N–H and O–H groups in total. The molecule has 3 heteroatoms. The highest BCUT2D eigenvalue weighted by Gasteiger charge is 1.98. The molecule has 2 nitrogen and oxygen atoms in total. The minimum atomic E-state index is 0.735. The van der Waals surface area contributed by atoms with E-state index >= 15 is 0 Å². The van der Waals surface area contributed by atoms with Crippen LogP contribution in [-0.4, -0.2) is 4.98 Å². The molecule has 1 aromatic heterocycles. The first kappa shape index (κ1) is 9.99. The molecule has 1 aromatic carbocycles. The van der Waals surface area contributed by atoms with E-state index < -0.39 is 0 Å². The van der Waals surface area contributed by atoms with Gasteiger partial charge in [0.1, 0.15) is 5.82 Å². The van der Waals surface area contributed by atoms with Gasteiger partial charge in [-0.15, -0.1) is 0 Å². The van der Waals surface area contributed by atoms with E-state index in [2.05, 4.69) is 10.3 Å². The van der Waals surface area contributed by atoms with E-state index in [-0.39, 0.29) is 0 Å². The summed E-state index contributed by atoms with van der Waals surface area (Å²) in [4.78, 5) is 4.25. The Balaban J connectivity index is 2.22. The number of anilines is 2. The Labute approximate surface area is 93.9 Å². The van der Waals surface area contributed by atoms with Gasteiger partial charge in [0, 0.05) is 16.9 Å². The number of halogens is 1. The second-order valence-corrected chi connectivity index (χ2v) is 3.74. The molecule has 0 aliphatic heterocycles. The first-order chi connectivity index (χ1) is 7.25. The van der Waals surface area contributed by atoms with Gasteiger partial charge in [0.15, 0.2) is 0 Å². The molecular weight excluding hydrogens is 208 g/mol. The van der Waals surface area contributed by atoms with Crippen LogP contribution in [0.5, 0.6) is 0 Å². The minimum absolute atomic E-state index is 0.735. The zero-order chi connectivity index (χ0) is 10.7. The van der Waals surface area contributed by atoms with Crippen molar-refractivity contribution in [3.05, 3.63) is 53.2 Å². The Hall–Kier alpha value is -1.54. The van der Waals surface area contributed by atoms with E-state index in [0.717, 1.165) is 22.1 Å². The molecule has 0 aliphatic rings. The van der Waals surface area contributed by atoms with Gasteiger partial charge in [-0.05, 0) is 42.8 Å². The van der Waals surface area contributed by atoms with E-state index in [1.807, 2.05) is 43.3 Å². The Morgan fingerprint density at radius 1 is 1.13 bits per heavy atom. The molecule has 0 radical (unpaired) electrons. The quantitative estimate of drug-likeness (QED) is 0.830. The maximum atomic E-state index is 5.80. The van der Waals surface area contributed by atoms with Crippen LogP contribution < -0.4 is 5.32 Å². The Morgan fingerprint density at radius 3 is 2.53 bits per heavy atom. The summed E-state index contributed by atoms with van der Waals surface area (Å²) in [5.74, 6) is 0.875. The molecule has 0 spiro atoms. The van der Waals surface area contributed by atoms with E-state index in [1.54, 1.807) is 6.20 Å². The SMILES string of the molecule is Cc1cccnc1Nc1ccc(Cl)cc1. The van der Waals surface area contributed by atoms with Crippen LogP contribution in [-0.2, 0) is 0 Å². The molecule has 0 aliphatic carbocycles. The lowest BCUT2D eigenvalue weighted by molar-refractivity contribution is 1.26. The second kappa shape index (κ2) is 4.32. The summed E-state index contributed by atoms with van der Waals surface area (Å²) in [6.45, 7) is 2.02. The third kappa shape index (κ3) is 2.48. The third-order valence-corrected chi connectivity index (χ3v) is 2.37. The summed E-state index contributed by atoms with van der Waals surface area (Å²) in [5, 5.41) is 3.96. The van der Waals surface area contributed by atoms with Gasteiger partial charge >= 0.3 is 0 Å². The molecule has 0 atom stereocenters. The number of hydrogen-bond acceptors (Lipinski definition) is 2. The summed E-state index contributed by atoms with van der Waals surface area (Å²) < 4.78 is 0. The van der Waals surface area contributed by atoms with Crippen molar-refractivity contribution in [2.24, 2.45) is 0 Å². The number of benzene rings is 1. The molecule has 1 heterocycles. The molecular formula is C12H11ClN2. The van der Waals surface area contributed by atoms with Crippen LogP contribution in [0.4, 0.5) is 11.5 Å². The average Bonchev–Trinajstić information content (AvgIpc) is 2.25. The van der Waals surface area contributed by atoms with Gasteiger partial charge in [0.2, 0.25) is 0 Å². The van der Waals surface area contributed by atoms with Crippen molar-refractivity contribution in [2.75, 3.05) is 5.32 Å². The molecule has 0 fully saturated rings. The molecule has 2 aromatic rings. The van der Waals surface area contributed by atoms with Crippen LogP contribution in [0.1, 0.15) is 5.56 Å². The van der Waals surface area contributed by atoms with Crippen molar-refractivity contribution in [3.8, 4) is 0 Å². The van der Waals surface area contributed by atoms with Gasteiger partial charge in [-0.2, -0.15) is 0 Å². The number of pyridine rings is 1. The van der Waals surface area contributed by atoms with Crippen molar-refractivity contribution in [3.63, 3.8) is 0 Å². The Morgan fingerprint density at radius 2 is 1.87 bits per heavy atom. The highest BCUT2D eigenvalue weighted by Crippen LogP contribution is 2.19. The smallest absolute Gasteiger partial charge is 0.133 e. The van der Waals surface area contributed by atoms with Gasteiger partial charge in [-0.3, -0.25) is 0 Å². The van der Waals surface area contributed by atoms with Crippen LogP contribution in [0.25, 0.3) is 0 Å². The van der Waals surface area contributed by atoms with Crippen molar-refractivity contribution in [2.45, 2.75) is 6.92 Å². The monoisotopic (exact) mass is 218 g/mol. The first-order valence-electron chi connectivity index (χ1n) is 4.70. The highest BCUT2D eigenvalue weighted by molar-refractivity contribution is 6.30. The van der Waals surface area contributed by atoms with Gasteiger partial charge in [-0.1, -0.05) is 17.7 Å². The maximum Gasteiger partial charge on any atom is 0.133 e. The summed E-state index contributed by atoms with van der Waals surface area (Å²) in [7, 11) is 0. The van der Waals surface area contributed by atoms with Crippen LogP contribution in [0.3, 0.4) is 0 Å². The van der Waals surface area contributed by atoms with Gasteiger partial charge in [0.05, 0.1) is 0 Å². The second-order valence-electron chi connectivity index (χ2n) is 3.30. The highest BCUT2D eigenvalue weighted by atomic mass is 35.5. The van der Waals surface area contributed by atoms with Crippen LogP contribution >= 0.6 is 11.6 Å². The van der Waals surface area contributed by atoms with Crippen molar-refractivity contribution in [1.29, 1.82) is 0 Å². The summed E-state index contributed by atoms with van der Waals surface area (Å²) in [6, 6.07) is 11.5. The minimum Gasteiger partial charge on any atom is -0.340 e. The molecule has 0 saturated carbocycles. The van der Waals surface area contributed by atoms with E-state index in [4.69, 9.17) is 11.6 Å². The lowest BCUT2D eigenvalue weighted by Crippen LogP contribution is -1.95. The largest absolute Gasteiger partial charge is 0.340 e. The van der Waals surface area contributed by atoms with Gasteiger partial charge < -0.3 is 5.32 Å². The zero-order valence-corrected chi connectivity index (χ0v) is 9.12. The first-order valence-corrected chi connectivity index (χ1v) is 5.08. The van der Waals surface area contributed by atoms with Crippen LogP contribution in [0.15, 0.2) is 42.6 Å². The predicted molar refractivity (Wildman–Crippen MR) is 63.7 cm³/mol. The average molecular weight is 219 g/mol. The summed E-state index contributed by atoms with van der Waals surface area (Å²) in [6.07, 6.45) is 1.77. The molecule has 0 bridgehead atoms. The normalized spacial score (nSPS) is 10.0. The number of hydrogen-bond donors (Lipinski definition) is 1. The van der Waals surface area contributed by atoms with Gasteiger partial charge in [-0.25, -0.2) is 4.98 Å². The van der Waals surface area contributed by atoms with E-state index in [9.17, 15) is 0 Å². The summed E-state index contributed by atoms with van der Waals surface area (Å²) in [5.41, 5.74) is 2.11. The predicted octanol–water partition coefficient (Wildman–Crippen LogP) is 3.79. The lowest BCUT2D eigenvalue weighted by Gasteiger charge is -2.07. The zero-order valence-electron chi connectivity index (χ0n) is 8.37. The van der Waals surface area contributed by atoms with Gasteiger partial charge in [0.25, 0.3) is 0 Å². The molecule has 0 saturated heterocycles.